The Bertz CT molecular complexity index is 485. The molecule has 1 aromatic heterocycles. The number of thiophene rings is 1. The second-order valence-electron chi connectivity index (χ2n) is 4.46. The van der Waals surface area contributed by atoms with Gasteiger partial charge in [-0.05, 0) is 38.9 Å². The van der Waals surface area contributed by atoms with Gasteiger partial charge < -0.3 is 10.2 Å². The SMILES string of the molecule is CN(C)CC(=O)Nc1sc2c(c1C#N)CCC2. The fourth-order valence-electron chi connectivity index (χ4n) is 2.06. The van der Waals surface area contributed by atoms with Crippen molar-refractivity contribution >= 4 is 22.2 Å². The number of likely N-dealkylation sites (N-methyl/N-ethyl adjacent to an activating group) is 1. The summed E-state index contributed by atoms with van der Waals surface area (Å²) in [4.78, 5) is 14.7. The van der Waals surface area contributed by atoms with Gasteiger partial charge in [-0.3, -0.25) is 4.79 Å². The zero-order valence-corrected chi connectivity index (χ0v) is 10.9. The van der Waals surface area contributed by atoms with Crippen molar-refractivity contribution in [3.05, 3.63) is 16.0 Å². The van der Waals surface area contributed by atoms with Crippen LogP contribution in [-0.2, 0) is 17.6 Å². The second-order valence-corrected chi connectivity index (χ2v) is 5.56. The number of nitrogens with one attached hydrogen (secondary N) is 1. The number of fused-ring (bicyclic) bond motifs is 1. The van der Waals surface area contributed by atoms with E-state index in [1.54, 1.807) is 11.3 Å². The Morgan fingerprint density at radius 2 is 2.29 bits per heavy atom. The van der Waals surface area contributed by atoms with E-state index in [2.05, 4.69) is 11.4 Å². The van der Waals surface area contributed by atoms with Crippen LogP contribution >= 0.6 is 11.3 Å². The van der Waals surface area contributed by atoms with Gasteiger partial charge in [0.1, 0.15) is 11.1 Å². The van der Waals surface area contributed by atoms with Gasteiger partial charge in [0.25, 0.3) is 0 Å². The molecule has 1 aromatic rings. The lowest BCUT2D eigenvalue weighted by Gasteiger charge is -2.09. The van der Waals surface area contributed by atoms with Crippen LogP contribution in [0.15, 0.2) is 0 Å². The summed E-state index contributed by atoms with van der Waals surface area (Å²) >= 11 is 1.56. The van der Waals surface area contributed by atoms with E-state index in [4.69, 9.17) is 5.26 Å². The quantitative estimate of drug-likeness (QED) is 0.885. The van der Waals surface area contributed by atoms with Gasteiger partial charge in [0.2, 0.25) is 5.91 Å². The number of carbonyl (C=O) groups excluding carboxylic acids is 1. The number of carbonyl (C=O) groups is 1. The van der Waals surface area contributed by atoms with Crippen molar-refractivity contribution in [1.29, 1.82) is 5.26 Å². The summed E-state index contributed by atoms with van der Waals surface area (Å²) < 4.78 is 0. The Morgan fingerprint density at radius 3 is 2.94 bits per heavy atom. The minimum Gasteiger partial charge on any atom is -0.315 e. The molecule has 1 N–H and O–H groups in total. The van der Waals surface area contributed by atoms with Crippen molar-refractivity contribution in [3.63, 3.8) is 0 Å². The van der Waals surface area contributed by atoms with Crippen molar-refractivity contribution in [2.75, 3.05) is 26.0 Å². The number of aryl methyl sites for hydroxylation is 1. The van der Waals surface area contributed by atoms with Crippen LogP contribution in [0.5, 0.6) is 0 Å². The maximum absolute atomic E-state index is 11.7. The molecule has 1 amide bonds. The summed E-state index contributed by atoms with van der Waals surface area (Å²) in [6.45, 7) is 0.341. The second kappa shape index (κ2) is 4.86. The van der Waals surface area contributed by atoms with E-state index >= 15 is 0 Å². The normalized spacial score (nSPS) is 13.5. The molecule has 1 aliphatic rings. The van der Waals surface area contributed by atoms with Crippen LogP contribution in [0.2, 0.25) is 0 Å². The highest BCUT2D eigenvalue weighted by Gasteiger charge is 2.22. The first-order valence-corrected chi connectivity index (χ1v) is 6.42. The highest BCUT2D eigenvalue weighted by atomic mass is 32.1. The van der Waals surface area contributed by atoms with Gasteiger partial charge in [-0.15, -0.1) is 11.3 Å². The standard InChI is InChI=1S/C12H15N3OS/c1-15(2)7-11(16)14-12-9(6-13)8-4-3-5-10(8)17-12/h3-5,7H2,1-2H3,(H,14,16). The number of anilines is 1. The molecule has 0 aromatic carbocycles. The van der Waals surface area contributed by atoms with Gasteiger partial charge in [0.05, 0.1) is 12.1 Å². The zero-order valence-electron chi connectivity index (χ0n) is 10.0. The average Bonchev–Trinajstić information content (AvgIpc) is 2.75. The van der Waals surface area contributed by atoms with Crippen molar-refractivity contribution in [2.45, 2.75) is 19.3 Å². The third-order valence-corrected chi connectivity index (χ3v) is 3.95. The van der Waals surface area contributed by atoms with Crippen LogP contribution < -0.4 is 5.32 Å². The van der Waals surface area contributed by atoms with Crippen LogP contribution in [0.4, 0.5) is 5.00 Å². The van der Waals surface area contributed by atoms with Crippen LogP contribution in [0, 0.1) is 11.3 Å². The summed E-state index contributed by atoms with van der Waals surface area (Å²) in [6, 6.07) is 2.22. The number of nitrogens with zero attached hydrogens (tertiary/aromatic N) is 2. The largest absolute Gasteiger partial charge is 0.315 e. The van der Waals surface area contributed by atoms with Crippen molar-refractivity contribution in [2.24, 2.45) is 0 Å². The predicted molar refractivity (Wildman–Crippen MR) is 68.2 cm³/mol. The molecule has 17 heavy (non-hydrogen) atoms. The minimum absolute atomic E-state index is 0.0635. The summed E-state index contributed by atoms with van der Waals surface area (Å²) in [5.74, 6) is -0.0635. The van der Waals surface area contributed by atoms with Crippen LogP contribution in [0.25, 0.3) is 0 Å². The molecule has 90 valence electrons. The maximum atomic E-state index is 11.7. The summed E-state index contributed by atoms with van der Waals surface area (Å²) in [5, 5.41) is 12.7. The molecule has 0 fully saturated rings. The Hall–Kier alpha value is -1.38. The van der Waals surface area contributed by atoms with Crippen molar-refractivity contribution < 1.29 is 4.79 Å². The molecule has 0 atom stereocenters. The Labute approximate surface area is 105 Å². The topological polar surface area (TPSA) is 56.1 Å². The Morgan fingerprint density at radius 1 is 1.53 bits per heavy atom. The molecule has 0 saturated carbocycles. The van der Waals surface area contributed by atoms with E-state index in [1.807, 2.05) is 19.0 Å². The fraction of sp³-hybridized carbons (Fsp3) is 0.500. The Kier molecular flexibility index (Phi) is 3.46. The van der Waals surface area contributed by atoms with Gasteiger partial charge >= 0.3 is 0 Å². The predicted octanol–water partition coefficient (Wildman–Crippen LogP) is 1.61. The van der Waals surface area contributed by atoms with Gasteiger partial charge in [0.15, 0.2) is 0 Å². The monoisotopic (exact) mass is 249 g/mol. The molecule has 0 unspecified atom stereocenters. The molecule has 5 heteroatoms. The number of rotatable bonds is 3. The van der Waals surface area contributed by atoms with Crippen LogP contribution in [-0.4, -0.2) is 31.4 Å². The Balaban J connectivity index is 2.17. The fourth-order valence-corrected chi connectivity index (χ4v) is 3.32. The third kappa shape index (κ3) is 2.48. The first-order chi connectivity index (χ1) is 8.11. The lowest BCUT2D eigenvalue weighted by atomic mass is 10.1. The lowest BCUT2D eigenvalue weighted by Crippen LogP contribution is -2.27. The summed E-state index contributed by atoms with van der Waals surface area (Å²) in [5.41, 5.74) is 1.83. The van der Waals surface area contributed by atoms with Gasteiger partial charge in [-0.25, -0.2) is 0 Å². The van der Waals surface area contributed by atoms with E-state index in [0.717, 1.165) is 29.8 Å². The molecular weight excluding hydrogens is 234 g/mol. The molecule has 0 saturated heterocycles. The molecule has 1 aliphatic carbocycles. The van der Waals surface area contributed by atoms with E-state index in [-0.39, 0.29) is 5.91 Å². The number of hydrogen-bond acceptors (Lipinski definition) is 4. The van der Waals surface area contributed by atoms with E-state index < -0.39 is 0 Å². The molecule has 1 heterocycles. The van der Waals surface area contributed by atoms with E-state index in [9.17, 15) is 4.79 Å². The molecule has 0 aliphatic heterocycles. The van der Waals surface area contributed by atoms with Crippen molar-refractivity contribution in [3.8, 4) is 6.07 Å². The molecule has 4 nitrogen and oxygen atoms in total. The van der Waals surface area contributed by atoms with Gasteiger partial charge in [0, 0.05) is 4.88 Å². The number of amides is 1. The third-order valence-electron chi connectivity index (χ3n) is 2.75. The molecular formula is C12H15N3OS. The number of hydrogen-bond donors (Lipinski definition) is 1. The van der Waals surface area contributed by atoms with E-state index in [0.29, 0.717) is 12.1 Å². The first-order valence-electron chi connectivity index (χ1n) is 5.61. The summed E-state index contributed by atoms with van der Waals surface area (Å²) in [7, 11) is 3.69. The van der Waals surface area contributed by atoms with Crippen LogP contribution in [0.3, 0.4) is 0 Å². The molecule has 2 rings (SSSR count). The average molecular weight is 249 g/mol. The minimum atomic E-state index is -0.0635. The molecule has 0 spiro atoms. The zero-order chi connectivity index (χ0) is 12.4. The maximum Gasteiger partial charge on any atom is 0.239 e. The van der Waals surface area contributed by atoms with E-state index in [1.165, 1.54) is 4.88 Å². The number of nitriles is 1. The lowest BCUT2D eigenvalue weighted by molar-refractivity contribution is -0.116. The first kappa shape index (κ1) is 12.1. The highest BCUT2D eigenvalue weighted by molar-refractivity contribution is 7.16. The highest BCUT2D eigenvalue weighted by Crippen LogP contribution is 2.38. The summed E-state index contributed by atoms with van der Waals surface area (Å²) in [6.07, 6.45) is 3.14. The van der Waals surface area contributed by atoms with Crippen molar-refractivity contribution in [1.82, 2.24) is 4.90 Å². The van der Waals surface area contributed by atoms with Crippen LogP contribution in [0.1, 0.15) is 22.4 Å². The smallest absolute Gasteiger partial charge is 0.239 e. The molecule has 0 radical (unpaired) electrons. The molecule has 0 bridgehead atoms. The van der Waals surface area contributed by atoms with Gasteiger partial charge in [-0.2, -0.15) is 5.26 Å². The van der Waals surface area contributed by atoms with Gasteiger partial charge in [-0.1, -0.05) is 0 Å².